The molecule has 0 spiro atoms. The van der Waals surface area contributed by atoms with Crippen LogP contribution in [0.1, 0.15) is 22.8 Å². The monoisotopic (exact) mass is 428 g/mol. The number of rotatable bonds is 6. The van der Waals surface area contributed by atoms with E-state index in [0.29, 0.717) is 16.2 Å². The molecule has 29 heavy (non-hydrogen) atoms. The second kappa shape index (κ2) is 8.64. The molecule has 0 aliphatic carbocycles. The standard InChI is InChI=1S/C19H19F3N2O4S/c1-3-24(18(26)19(20,21)22)12-13-5-4-6-15(11-13)23-17(25)14-7-9-16(10-8-14)29(2,27)28/h4-11H,3,12H2,1-2H3,(H,23,25). The molecule has 0 unspecified atom stereocenters. The molecule has 0 aliphatic heterocycles. The summed E-state index contributed by atoms with van der Waals surface area (Å²) in [4.78, 5) is 24.5. The van der Waals surface area contributed by atoms with Crippen LogP contribution in [0.25, 0.3) is 0 Å². The number of carbonyl (C=O) groups excluding carboxylic acids is 2. The largest absolute Gasteiger partial charge is 0.471 e. The molecule has 0 radical (unpaired) electrons. The van der Waals surface area contributed by atoms with Gasteiger partial charge in [0, 0.05) is 30.6 Å². The zero-order valence-electron chi connectivity index (χ0n) is 15.7. The van der Waals surface area contributed by atoms with Gasteiger partial charge < -0.3 is 10.2 Å². The van der Waals surface area contributed by atoms with E-state index in [1.165, 1.54) is 37.3 Å². The predicted octanol–water partition coefficient (Wildman–Crippen LogP) is 3.25. The van der Waals surface area contributed by atoms with Gasteiger partial charge in [-0.25, -0.2) is 8.42 Å². The highest BCUT2D eigenvalue weighted by Crippen LogP contribution is 2.21. The van der Waals surface area contributed by atoms with Crippen molar-refractivity contribution in [2.75, 3.05) is 18.1 Å². The van der Waals surface area contributed by atoms with E-state index in [9.17, 15) is 31.2 Å². The van der Waals surface area contributed by atoms with Crippen molar-refractivity contribution in [3.05, 3.63) is 59.7 Å². The molecule has 0 atom stereocenters. The summed E-state index contributed by atoms with van der Waals surface area (Å²) >= 11 is 0. The highest BCUT2D eigenvalue weighted by molar-refractivity contribution is 7.90. The Morgan fingerprint density at radius 1 is 1.07 bits per heavy atom. The molecule has 0 bridgehead atoms. The zero-order valence-corrected chi connectivity index (χ0v) is 16.5. The van der Waals surface area contributed by atoms with Crippen LogP contribution >= 0.6 is 0 Å². The van der Waals surface area contributed by atoms with E-state index >= 15 is 0 Å². The number of halogens is 3. The molecule has 0 saturated carbocycles. The molecule has 0 saturated heterocycles. The lowest BCUT2D eigenvalue weighted by Crippen LogP contribution is -2.40. The lowest BCUT2D eigenvalue weighted by atomic mass is 10.1. The molecule has 2 aromatic rings. The molecule has 2 aromatic carbocycles. The molecule has 6 nitrogen and oxygen atoms in total. The Morgan fingerprint density at radius 3 is 2.21 bits per heavy atom. The van der Waals surface area contributed by atoms with Gasteiger partial charge >= 0.3 is 12.1 Å². The van der Waals surface area contributed by atoms with E-state index < -0.39 is 27.8 Å². The number of amides is 2. The van der Waals surface area contributed by atoms with Gasteiger partial charge in [0.2, 0.25) is 0 Å². The van der Waals surface area contributed by atoms with Gasteiger partial charge in [0.05, 0.1) is 4.90 Å². The van der Waals surface area contributed by atoms with Crippen LogP contribution in [0, 0.1) is 0 Å². The van der Waals surface area contributed by atoms with E-state index in [2.05, 4.69) is 5.32 Å². The molecule has 0 aliphatic rings. The average molecular weight is 428 g/mol. The summed E-state index contributed by atoms with van der Waals surface area (Å²) in [6.45, 7) is 1.05. The van der Waals surface area contributed by atoms with Gasteiger partial charge in [0.15, 0.2) is 9.84 Å². The summed E-state index contributed by atoms with van der Waals surface area (Å²) in [5, 5.41) is 2.59. The van der Waals surface area contributed by atoms with Crippen LogP contribution in [0.5, 0.6) is 0 Å². The van der Waals surface area contributed by atoms with Crippen molar-refractivity contribution < 1.29 is 31.2 Å². The molecule has 2 rings (SSSR count). The van der Waals surface area contributed by atoms with Crippen molar-refractivity contribution in [1.29, 1.82) is 0 Å². The average Bonchev–Trinajstić information content (AvgIpc) is 2.64. The lowest BCUT2D eigenvalue weighted by Gasteiger charge is -2.22. The van der Waals surface area contributed by atoms with Gasteiger partial charge in [-0.1, -0.05) is 12.1 Å². The quantitative estimate of drug-likeness (QED) is 0.766. The maximum atomic E-state index is 12.6. The first-order chi connectivity index (χ1) is 13.4. The molecule has 2 amide bonds. The number of nitrogens with zero attached hydrogens (tertiary/aromatic N) is 1. The first-order valence-electron chi connectivity index (χ1n) is 8.48. The predicted molar refractivity (Wildman–Crippen MR) is 101 cm³/mol. The Morgan fingerprint density at radius 2 is 1.69 bits per heavy atom. The van der Waals surface area contributed by atoms with Crippen LogP contribution in [0.2, 0.25) is 0 Å². The van der Waals surface area contributed by atoms with Crippen LogP contribution in [0.4, 0.5) is 18.9 Å². The van der Waals surface area contributed by atoms with E-state index in [1.54, 1.807) is 18.2 Å². The Labute approximate surface area is 166 Å². The van der Waals surface area contributed by atoms with Gasteiger partial charge in [0.25, 0.3) is 5.91 Å². The SMILES string of the molecule is CCN(Cc1cccc(NC(=O)c2ccc(S(C)(=O)=O)cc2)c1)C(=O)C(F)(F)F. The number of anilines is 1. The van der Waals surface area contributed by atoms with Crippen LogP contribution < -0.4 is 5.32 Å². The van der Waals surface area contributed by atoms with Gasteiger partial charge in [-0.2, -0.15) is 13.2 Å². The summed E-state index contributed by atoms with van der Waals surface area (Å²) in [5.74, 6) is -2.44. The lowest BCUT2D eigenvalue weighted by molar-refractivity contribution is -0.185. The highest BCUT2D eigenvalue weighted by atomic mass is 32.2. The highest BCUT2D eigenvalue weighted by Gasteiger charge is 2.41. The molecule has 0 fully saturated rings. The zero-order chi connectivity index (χ0) is 21.8. The first-order valence-corrected chi connectivity index (χ1v) is 10.4. The number of sulfone groups is 1. The number of nitrogens with one attached hydrogen (secondary N) is 1. The molecule has 156 valence electrons. The molecular weight excluding hydrogens is 409 g/mol. The Hall–Kier alpha value is -2.88. The van der Waals surface area contributed by atoms with Crippen LogP contribution in [0.3, 0.4) is 0 Å². The van der Waals surface area contributed by atoms with Gasteiger partial charge in [-0.15, -0.1) is 0 Å². The Balaban J connectivity index is 2.13. The maximum absolute atomic E-state index is 12.6. The van der Waals surface area contributed by atoms with Crippen molar-refractivity contribution in [3.8, 4) is 0 Å². The fourth-order valence-electron chi connectivity index (χ4n) is 2.53. The van der Waals surface area contributed by atoms with Crippen molar-refractivity contribution in [3.63, 3.8) is 0 Å². The van der Waals surface area contributed by atoms with E-state index in [-0.39, 0.29) is 23.5 Å². The van der Waals surface area contributed by atoms with E-state index in [4.69, 9.17) is 0 Å². The van der Waals surface area contributed by atoms with Gasteiger partial charge in [-0.05, 0) is 48.9 Å². The Kier molecular flexibility index (Phi) is 6.68. The van der Waals surface area contributed by atoms with Crippen molar-refractivity contribution in [2.45, 2.75) is 24.5 Å². The second-order valence-electron chi connectivity index (χ2n) is 6.27. The molecule has 0 heterocycles. The van der Waals surface area contributed by atoms with Crippen molar-refractivity contribution >= 4 is 27.3 Å². The topological polar surface area (TPSA) is 83.6 Å². The van der Waals surface area contributed by atoms with Crippen molar-refractivity contribution in [1.82, 2.24) is 4.90 Å². The van der Waals surface area contributed by atoms with Crippen molar-refractivity contribution in [2.24, 2.45) is 0 Å². The number of carbonyl (C=O) groups is 2. The summed E-state index contributed by atoms with van der Waals surface area (Å²) in [6, 6.07) is 11.4. The third kappa shape index (κ3) is 6.05. The molecule has 1 N–H and O–H groups in total. The minimum atomic E-state index is -4.96. The number of hydrogen-bond acceptors (Lipinski definition) is 4. The van der Waals surface area contributed by atoms with Gasteiger partial charge in [0.1, 0.15) is 0 Å². The van der Waals surface area contributed by atoms with Gasteiger partial charge in [-0.3, -0.25) is 9.59 Å². The van der Waals surface area contributed by atoms with E-state index in [0.717, 1.165) is 6.26 Å². The molecular formula is C19H19F3N2O4S. The number of benzene rings is 2. The smallest absolute Gasteiger partial charge is 0.331 e. The number of alkyl halides is 3. The normalized spacial score (nSPS) is 11.8. The first kappa shape index (κ1) is 22.4. The van der Waals surface area contributed by atoms with Crippen LogP contribution in [-0.2, 0) is 21.2 Å². The van der Waals surface area contributed by atoms with Crippen LogP contribution in [0.15, 0.2) is 53.4 Å². The number of hydrogen-bond donors (Lipinski definition) is 1. The fraction of sp³-hybridized carbons (Fsp3) is 0.263. The van der Waals surface area contributed by atoms with Crippen LogP contribution in [-0.4, -0.2) is 44.1 Å². The molecule has 10 heteroatoms. The molecule has 0 aromatic heterocycles. The second-order valence-corrected chi connectivity index (χ2v) is 8.28. The minimum Gasteiger partial charge on any atom is -0.331 e. The van der Waals surface area contributed by atoms with E-state index in [1.807, 2.05) is 0 Å². The third-order valence-corrected chi connectivity index (χ3v) is 5.14. The summed E-state index contributed by atoms with van der Waals surface area (Å²) in [7, 11) is -3.39. The third-order valence-electron chi connectivity index (χ3n) is 4.01. The minimum absolute atomic E-state index is 0.0741. The Bertz CT molecular complexity index is 1000. The summed E-state index contributed by atoms with van der Waals surface area (Å²) in [6.07, 6.45) is -3.91. The maximum Gasteiger partial charge on any atom is 0.471 e. The fourth-order valence-corrected chi connectivity index (χ4v) is 3.16. The summed E-state index contributed by atoms with van der Waals surface area (Å²) in [5.41, 5.74) is 0.954. The summed E-state index contributed by atoms with van der Waals surface area (Å²) < 4.78 is 60.9.